The molecule has 1 N–H and O–H groups in total. The quantitative estimate of drug-likeness (QED) is 0.714. The van der Waals surface area contributed by atoms with Crippen molar-refractivity contribution in [1.82, 2.24) is 4.90 Å². The Kier molecular flexibility index (Phi) is 6.61. The standard InChI is InChI=1S/C14H26FNO2/c1-3-4-5-6-7-8-11(2)14(18)16-9-12(15)13(17)10-16/h11-13,17H,3-10H2,1-2H3. The number of rotatable bonds is 7. The van der Waals surface area contributed by atoms with Gasteiger partial charge in [-0.2, -0.15) is 0 Å². The number of aliphatic hydroxyl groups excluding tert-OH is 1. The summed E-state index contributed by atoms with van der Waals surface area (Å²) in [5.74, 6) is -0.0613. The average molecular weight is 259 g/mol. The highest BCUT2D eigenvalue weighted by Gasteiger charge is 2.35. The average Bonchev–Trinajstić information content (AvgIpc) is 2.68. The van der Waals surface area contributed by atoms with Gasteiger partial charge in [0.05, 0.1) is 6.54 Å². The van der Waals surface area contributed by atoms with Crippen LogP contribution in [0.3, 0.4) is 0 Å². The number of nitrogens with zero attached hydrogens (tertiary/aromatic N) is 1. The molecule has 18 heavy (non-hydrogen) atoms. The van der Waals surface area contributed by atoms with Crippen LogP contribution in [-0.4, -0.2) is 41.3 Å². The number of amides is 1. The van der Waals surface area contributed by atoms with Crippen LogP contribution < -0.4 is 0 Å². The van der Waals surface area contributed by atoms with E-state index in [-0.39, 0.29) is 24.9 Å². The Morgan fingerprint density at radius 2 is 2.00 bits per heavy atom. The van der Waals surface area contributed by atoms with Crippen LogP contribution in [0.5, 0.6) is 0 Å². The van der Waals surface area contributed by atoms with Gasteiger partial charge in [-0.1, -0.05) is 46.0 Å². The van der Waals surface area contributed by atoms with Crippen LogP contribution in [0.15, 0.2) is 0 Å². The molecule has 0 aliphatic carbocycles. The first-order chi connectivity index (χ1) is 8.56. The molecule has 3 unspecified atom stereocenters. The van der Waals surface area contributed by atoms with Gasteiger partial charge in [-0.3, -0.25) is 4.79 Å². The smallest absolute Gasteiger partial charge is 0.225 e. The molecule has 1 saturated heterocycles. The van der Waals surface area contributed by atoms with E-state index in [4.69, 9.17) is 0 Å². The van der Waals surface area contributed by atoms with Crippen LogP contribution in [0.2, 0.25) is 0 Å². The van der Waals surface area contributed by atoms with Gasteiger partial charge in [-0.15, -0.1) is 0 Å². The predicted molar refractivity (Wildman–Crippen MR) is 70.0 cm³/mol. The lowest BCUT2D eigenvalue weighted by atomic mass is 10.0. The Balaban J connectivity index is 2.21. The van der Waals surface area contributed by atoms with E-state index in [0.717, 1.165) is 12.8 Å². The molecule has 1 heterocycles. The molecule has 0 radical (unpaired) electrons. The van der Waals surface area contributed by atoms with Gasteiger partial charge in [0.1, 0.15) is 12.3 Å². The highest BCUT2D eigenvalue weighted by Crippen LogP contribution is 2.19. The number of hydrogen-bond acceptors (Lipinski definition) is 2. The molecular weight excluding hydrogens is 233 g/mol. The molecule has 0 aromatic carbocycles. The Labute approximate surface area is 109 Å². The normalized spacial score (nSPS) is 25.4. The van der Waals surface area contributed by atoms with Crippen LogP contribution in [0.1, 0.15) is 52.4 Å². The fraction of sp³-hybridized carbons (Fsp3) is 0.929. The zero-order chi connectivity index (χ0) is 13.5. The zero-order valence-corrected chi connectivity index (χ0v) is 11.6. The van der Waals surface area contributed by atoms with Crippen LogP contribution in [-0.2, 0) is 4.79 Å². The number of halogens is 1. The van der Waals surface area contributed by atoms with Crippen molar-refractivity contribution in [2.45, 2.75) is 64.6 Å². The molecule has 0 aromatic heterocycles. The van der Waals surface area contributed by atoms with Gasteiger partial charge >= 0.3 is 0 Å². The molecule has 1 aliphatic heterocycles. The maximum absolute atomic E-state index is 13.1. The highest BCUT2D eigenvalue weighted by molar-refractivity contribution is 5.78. The second-order valence-corrected chi connectivity index (χ2v) is 5.43. The summed E-state index contributed by atoms with van der Waals surface area (Å²) in [5, 5.41) is 9.30. The first kappa shape index (κ1) is 15.4. The number of unbranched alkanes of at least 4 members (excludes halogenated alkanes) is 4. The van der Waals surface area contributed by atoms with Gasteiger partial charge in [-0.05, 0) is 6.42 Å². The van der Waals surface area contributed by atoms with Crippen LogP contribution >= 0.6 is 0 Å². The molecule has 1 aliphatic rings. The summed E-state index contributed by atoms with van der Waals surface area (Å²) in [6.45, 7) is 4.29. The van der Waals surface area contributed by atoms with Gasteiger partial charge < -0.3 is 10.0 Å². The minimum atomic E-state index is -1.27. The predicted octanol–water partition coefficient (Wildman–Crippen LogP) is 2.52. The van der Waals surface area contributed by atoms with Crippen molar-refractivity contribution < 1.29 is 14.3 Å². The summed E-state index contributed by atoms with van der Waals surface area (Å²) in [5.41, 5.74) is 0. The summed E-state index contributed by atoms with van der Waals surface area (Å²) in [6.07, 6.45) is 4.53. The number of hydrogen-bond donors (Lipinski definition) is 1. The molecule has 106 valence electrons. The lowest BCUT2D eigenvalue weighted by Crippen LogP contribution is -2.34. The topological polar surface area (TPSA) is 40.5 Å². The van der Waals surface area contributed by atoms with Gasteiger partial charge in [0.25, 0.3) is 0 Å². The largest absolute Gasteiger partial charge is 0.388 e. The first-order valence-corrected chi connectivity index (χ1v) is 7.17. The molecule has 4 heteroatoms. The summed E-state index contributed by atoms with van der Waals surface area (Å²) < 4.78 is 13.1. The number of carbonyl (C=O) groups excluding carboxylic acids is 1. The number of carbonyl (C=O) groups is 1. The van der Waals surface area contributed by atoms with Crippen molar-refractivity contribution in [3.05, 3.63) is 0 Å². The van der Waals surface area contributed by atoms with E-state index in [2.05, 4.69) is 6.92 Å². The van der Waals surface area contributed by atoms with Gasteiger partial charge in [-0.25, -0.2) is 4.39 Å². The maximum Gasteiger partial charge on any atom is 0.225 e. The minimum absolute atomic E-state index is 0.00954. The first-order valence-electron chi connectivity index (χ1n) is 7.17. The second-order valence-electron chi connectivity index (χ2n) is 5.43. The van der Waals surface area contributed by atoms with Crippen LogP contribution in [0, 0.1) is 5.92 Å². The second kappa shape index (κ2) is 7.72. The van der Waals surface area contributed by atoms with Crippen molar-refractivity contribution in [2.75, 3.05) is 13.1 Å². The van der Waals surface area contributed by atoms with E-state index in [9.17, 15) is 14.3 Å². The van der Waals surface area contributed by atoms with Crippen molar-refractivity contribution >= 4 is 5.91 Å². The lowest BCUT2D eigenvalue weighted by Gasteiger charge is -2.20. The number of alkyl halides is 1. The van der Waals surface area contributed by atoms with E-state index in [1.165, 1.54) is 30.6 Å². The zero-order valence-electron chi connectivity index (χ0n) is 11.6. The third-order valence-electron chi connectivity index (χ3n) is 3.69. The molecule has 1 amide bonds. The van der Waals surface area contributed by atoms with Gasteiger partial charge in [0.15, 0.2) is 0 Å². The SMILES string of the molecule is CCCCCCCC(C)C(=O)N1CC(O)C(F)C1. The summed E-state index contributed by atoms with van der Waals surface area (Å²) in [7, 11) is 0. The molecule has 3 atom stereocenters. The monoisotopic (exact) mass is 259 g/mol. The Morgan fingerprint density at radius 3 is 2.56 bits per heavy atom. The lowest BCUT2D eigenvalue weighted by molar-refractivity contribution is -0.134. The Bertz CT molecular complexity index is 250. The molecule has 1 fully saturated rings. The van der Waals surface area contributed by atoms with Crippen molar-refractivity contribution in [3.8, 4) is 0 Å². The van der Waals surface area contributed by atoms with E-state index in [0.29, 0.717) is 0 Å². The van der Waals surface area contributed by atoms with E-state index < -0.39 is 12.3 Å². The highest BCUT2D eigenvalue weighted by atomic mass is 19.1. The number of likely N-dealkylation sites (tertiary alicyclic amines) is 1. The van der Waals surface area contributed by atoms with Crippen LogP contribution in [0.4, 0.5) is 4.39 Å². The minimum Gasteiger partial charge on any atom is -0.388 e. The number of aliphatic hydroxyl groups is 1. The summed E-state index contributed by atoms with van der Waals surface area (Å²) in [6, 6.07) is 0. The van der Waals surface area contributed by atoms with E-state index in [1.54, 1.807) is 0 Å². The van der Waals surface area contributed by atoms with Crippen molar-refractivity contribution in [3.63, 3.8) is 0 Å². The van der Waals surface area contributed by atoms with Crippen molar-refractivity contribution in [2.24, 2.45) is 5.92 Å². The number of β-amino-alcohol motifs (C(OH)–C–C–N with tert-alkyl or cyclic N) is 1. The maximum atomic E-state index is 13.1. The van der Waals surface area contributed by atoms with Gasteiger partial charge in [0, 0.05) is 12.5 Å². The fourth-order valence-electron chi connectivity index (χ4n) is 2.42. The summed E-state index contributed by atoms with van der Waals surface area (Å²) >= 11 is 0. The molecule has 0 aromatic rings. The molecule has 0 spiro atoms. The van der Waals surface area contributed by atoms with Crippen LogP contribution in [0.25, 0.3) is 0 Å². The fourth-order valence-corrected chi connectivity index (χ4v) is 2.42. The molecular formula is C14H26FNO2. The summed E-state index contributed by atoms with van der Waals surface area (Å²) in [4.78, 5) is 13.5. The Morgan fingerprint density at radius 1 is 1.33 bits per heavy atom. The van der Waals surface area contributed by atoms with Crippen molar-refractivity contribution in [1.29, 1.82) is 0 Å². The molecule has 0 bridgehead atoms. The van der Waals surface area contributed by atoms with Gasteiger partial charge in [0.2, 0.25) is 5.91 Å². The molecule has 0 saturated carbocycles. The Hall–Kier alpha value is -0.640. The third kappa shape index (κ3) is 4.56. The third-order valence-corrected chi connectivity index (χ3v) is 3.69. The molecule has 1 rings (SSSR count). The van der Waals surface area contributed by atoms with E-state index in [1.807, 2.05) is 6.92 Å². The van der Waals surface area contributed by atoms with E-state index >= 15 is 0 Å². The molecule has 3 nitrogen and oxygen atoms in total.